The number of benzene rings is 1. The first kappa shape index (κ1) is 14.3. The Balaban J connectivity index is 1.83. The van der Waals surface area contributed by atoms with Crippen molar-refractivity contribution in [3.8, 4) is 6.07 Å². The number of hydrogen-bond donors (Lipinski definition) is 0. The van der Waals surface area contributed by atoms with Crippen LogP contribution in [0, 0.1) is 17.2 Å². The predicted octanol–water partition coefficient (Wildman–Crippen LogP) is 1.95. The molecule has 0 saturated carbocycles. The zero-order valence-electron chi connectivity index (χ0n) is 11.0. The van der Waals surface area contributed by atoms with E-state index in [1.807, 2.05) is 0 Å². The average Bonchev–Trinajstić information content (AvgIpc) is 2.53. The topological polar surface area (TPSA) is 68.5 Å². The molecule has 2 rings (SSSR count). The number of nitrogens with zero attached hydrogens (tertiary/aromatic N) is 1. The quantitative estimate of drug-likeness (QED) is 0.619. The monoisotopic (exact) mass is 273 g/mol. The summed E-state index contributed by atoms with van der Waals surface area (Å²) < 4.78 is 16.1. The van der Waals surface area contributed by atoms with Gasteiger partial charge < -0.3 is 14.2 Å². The maximum absolute atomic E-state index is 11.0. The molecule has 0 aliphatic carbocycles. The molecular formula is C15H15NO4. The van der Waals surface area contributed by atoms with E-state index in [2.05, 4.69) is 12.6 Å². The van der Waals surface area contributed by atoms with Gasteiger partial charge in [0, 0.05) is 17.6 Å². The third-order valence-corrected chi connectivity index (χ3v) is 2.91. The Morgan fingerprint density at radius 1 is 1.40 bits per heavy atom. The van der Waals surface area contributed by atoms with Gasteiger partial charge in [-0.15, -0.1) is 0 Å². The van der Waals surface area contributed by atoms with Crippen LogP contribution in [0.3, 0.4) is 0 Å². The lowest BCUT2D eigenvalue weighted by atomic mass is 10.1. The van der Waals surface area contributed by atoms with Crippen LogP contribution in [0.5, 0.6) is 0 Å². The van der Waals surface area contributed by atoms with Gasteiger partial charge >= 0.3 is 5.97 Å². The molecule has 1 fully saturated rings. The molecule has 1 aliphatic heterocycles. The van der Waals surface area contributed by atoms with Gasteiger partial charge in [-0.2, -0.15) is 5.26 Å². The highest BCUT2D eigenvalue weighted by Gasteiger charge is 2.24. The third-order valence-electron chi connectivity index (χ3n) is 2.91. The van der Waals surface area contributed by atoms with Crippen LogP contribution < -0.4 is 0 Å². The van der Waals surface area contributed by atoms with Crippen LogP contribution in [0.4, 0.5) is 0 Å². The highest BCUT2D eigenvalue weighted by molar-refractivity contribution is 5.81. The van der Waals surface area contributed by atoms with Crippen molar-refractivity contribution in [1.82, 2.24) is 0 Å². The Labute approximate surface area is 117 Å². The van der Waals surface area contributed by atoms with Crippen LogP contribution in [0.1, 0.15) is 17.4 Å². The number of ether oxygens (including phenoxy) is 3. The summed E-state index contributed by atoms with van der Waals surface area (Å²) in [6.45, 7) is 4.49. The smallest absolute Gasteiger partial charge is 0.330 e. The van der Waals surface area contributed by atoms with Crippen molar-refractivity contribution in [2.24, 2.45) is 5.92 Å². The zero-order chi connectivity index (χ0) is 14.4. The predicted molar refractivity (Wildman–Crippen MR) is 70.4 cm³/mol. The van der Waals surface area contributed by atoms with Gasteiger partial charge in [-0.3, -0.25) is 0 Å². The molecule has 0 radical (unpaired) electrons. The fraction of sp³-hybridized carbons (Fsp3) is 0.333. The molecule has 1 saturated heterocycles. The van der Waals surface area contributed by atoms with Crippen molar-refractivity contribution in [1.29, 1.82) is 5.26 Å². The number of hydrogen-bond acceptors (Lipinski definition) is 5. The Morgan fingerprint density at radius 3 is 2.60 bits per heavy atom. The first-order chi connectivity index (χ1) is 9.72. The second-order valence-electron chi connectivity index (χ2n) is 4.43. The highest BCUT2D eigenvalue weighted by atomic mass is 16.7. The van der Waals surface area contributed by atoms with Crippen molar-refractivity contribution in [3.05, 3.63) is 48.0 Å². The van der Waals surface area contributed by atoms with Crippen molar-refractivity contribution < 1.29 is 19.0 Å². The Morgan fingerprint density at radius 2 is 2.05 bits per heavy atom. The van der Waals surface area contributed by atoms with Gasteiger partial charge in [0.1, 0.15) is 0 Å². The minimum absolute atomic E-state index is 0.0218. The lowest BCUT2D eigenvalue weighted by Gasteiger charge is -2.29. The van der Waals surface area contributed by atoms with Crippen molar-refractivity contribution in [2.45, 2.75) is 6.29 Å². The molecule has 1 aliphatic rings. The van der Waals surface area contributed by atoms with E-state index in [-0.39, 0.29) is 12.5 Å². The number of nitriles is 1. The van der Waals surface area contributed by atoms with E-state index in [1.54, 1.807) is 24.3 Å². The van der Waals surface area contributed by atoms with E-state index in [0.717, 1.165) is 11.6 Å². The fourth-order valence-corrected chi connectivity index (χ4v) is 1.81. The molecule has 5 heteroatoms. The molecule has 0 unspecified atom stereocenters. The van der Waals surface area contributed by atoms with Gasteiger partial charge in [0.25, 0.3) is 0 Å². The molecule has 1 aromatic rings. The van der Waals surface area contributed by atoms with Crippen LogP contribution in [-0.2, 0) is 19.0 Å². The van der Waals surface area contributed by atoms with E-state index in [1.165, 1.54) is 0 Å². The maximum Gasteiger partial charge on any atom is 0.330 e. The van der Waals surface area contributed by atoms with Crippen LogP contribution >= 0.6 is 0 Å². The molecule has 0 amide bonds. The normalized spacial score (nSPS) is 21.8. The van der Waals surface area contributed by atoms with Crippen molar-refractivity contribution in [3.63, 3.8) is 0 Å². The molecular weight excluding hydrogens is 258 g/mol. The summed E-state index contributed by atoms with van der Waals surface area (Å²) in [5.41, 5.74) is 1.46. The summed E-state index contributed by atoms with van der Waals surface area (Å²) in [5, 5.41) is 8.74. The van der Waals surface area contributed by atoms with Gasteiger partial charge in [0.2, 0.25) is 0 Å². The highest BCUT2D eigenvalue weighted by Crippen LogP contribution is 2.25. The van der Waals surface area contributed by atoms with Crippen molar-refractivity contribution in [2.75, 3.05) is 19.8 Å². The standard InChI is InChI=1S/C15H15NO4/c1-2-14(17)18-8-12-9-19-15(20-10-12)13-5-3-11(7-16)4-6-13/h2-6,12,15H,1,8-10H2. The molecule has 0 N–H and O–H groups in total. The molecule has 20 heavy (non-hydrogen) atoms. The number of esters is 1. The molecule has 0 atom stereocenters. The van der Waals surface area contributed by atoms with Gasteiger partial charge in [-0.05, 0) is 12.1 Å². The molecule has 104 valence electrons. The number of carbonyl (C=O) groups is 1. The van der Waals surface area contributed by atoms with Gasteiger partial charge in [0.15, 0.2) is 6.29 Å². The molecule has 0 spiro atoms. The Bertz CT molecular complexity index is 510. The minimum Gasteiger partial charge on any atom is -0.462 e. The number of rotatable bonds is 4. The van der Waals surface area contributed by atoms with Crippen LogP contribution in [-0.4, -0.2) is 25.8 Å². The SMILES string of the molecule is C=CC(=O)OCC1COC(c2ccc(C#N)cc2)OC1. The summed E-state index contributed by atoms with van der Waals surface area (Å²) >= 11 is 0. The molecule has 1 aromatic carbocycles. The second-order valence-corrected chi connectivity index (χ2v) is 4.43. The Kier molecular flexibility index (Phi) is 4.88. The third kappa shape index (κ3) is 3.67. The largest absolute Gasteiger partial charge is 0.462 e. The summed E-state index contributed by atoms with van der Waals surface area (Å²) in [6, 6.07) is 9.12. The fourth-order valence-electron chi connectivity index (χ4n) is 1.81. The van der Waals surface area contributed by atoms with E-state index in [0.29, 0.717) is 18.8 Å². The van der Waals surface area contributed by atoms with Crippen LogP contribution in [0.25, 0.3) is 0 Å². The van der Waals surface area contributed by atoms with Crippen molar-refractivity contribution >= 4 is 5.97 Å². The first-order valence-electron chi connectivity index (χ1n) is 6.25. The van der Waals surface area contributed by atoms with E-state index >= 15 is 0 Å². The maximum atomic E-state index is 11.0. The van der Waals surface area contributed by atoms with Crippen LogP contribution in [0.2, 0.25) is 0 Å². The van der Waals surface area contributed by atoms with Crippen LogP contribution in [0.15, 0.2) is 36.9 Å². The average molecular weight is 273 g/mol. The molecule has 1 heterocycles. The summed E-state index contributed by atoms with van der Waals surface area (Å²) in [7, 11) is 0. The second kappa shape index (κ2) is 6.85. The zero-order valence-corrected chi connectivity index (χ0v) is 11.0. The molecule has 0 aromatic heterocycles. The van der Waals surface area contributed by atoms with E-state index < -0.39 is 12.3 Å². The summed E-state index contributed by atoms with van der Waals surface area (Å²) in [5.74, 6) is -0.423. The van der Waals surface area contributed by atoms with E-state index in [9.17, 15) is 4.79 Å². The molecule has 0 bridgehead atoms. The van der Waals surface area contributed by atoms with Gasteiger partial charge in [-0.1, -0.05) is 18.7 Å². The lowest BCUT2D eigenvalue weighted by molar-refractivity contribution is -0.211. The van der Waals surface area contributed by atoms with Gasteiger partial charge in [0.05, 0.1) is 31.5 Å². The first-order valence-corrected chi connectivity index (χ1v) is 6.25. The molecule has 5 nitrogen and oxygen atoms in total. The van der Waals surface area contributed by atoms with E-state index in [4.69, 9.17) is 19.5 Å². The minimum atomic E-state index is -0.445. The summed E-state index contributed by atoms with van der Waals surface area (Å²) in [4.78, 5) is 11.0. The summed E-state index contributed by atoms with van der Waals surface area (Å²) in [6.07, 6.45) is 0.693. The Hall–Kier alpha value is -2.16. The number of carbonyl (C=O) groups excluding carboxylic acids is 1. The van der Waals surface area contributed by atoms with Gasteiger partial charge in [-0.25, -0.2) is 4.79 Å². The lowest BCUT2D eigenvalue weighted by Crippen LogP contribution is -2.30.